The van der Waals surface area contributed by atoms with Gasteiger partial charge in [-0.2, -0.15) is 27.1 Å². The number of alkyl carbamates (subject to hydrolysis) is 1. The molecule has 5 rings (SSSR count). The number of hydrogen-bond acceptors (Lipinski definition) is 8. The van der Waals surface area contributed by atoms with Gasteiger partial charge in [-0.15, -0.1) is 0 Å². The summed E-state index contributed by atoms with van der Waals surface area (Å²) in [6.45, 7) is 7.91. The highest BCUT2D eigenvalue weighted by molar-refractivity contribution is 6.33. The molecule has 2 aromatic carbocycles. The number of carbonyl (C=O) groups is 2. The van der Waals surface area contributed by atoms with E-state index in [1.807, 2.05) is 5.32 Å². The van der Waals surface area contributed by atoms with Gasteiger partial charge in [-0.05, 0) is 60.4 Å². The first kappa shape index (κ1) is 40.6. The summed E-state index contributed by atoms with van der Waals surface area (Å²) in [5.41, 5.74) is 5.39. The SMILES string of the molecule is C=N/C=N\N(c1cc([C@@H](COC(=O)NC2(C(F)(F)F)CC2)N2C(=O)[C@@H](c3ccc(-c4ccc(F)cn4)cc3)N=C2N)ccc1Cl)C(F)F.CC(C)(C)C. The lowest BCUT2D eigenvalue weighted by atomic mass is 10.0. The van der Waals surface area contributed by atoms with Gasteiger partial charge in [0, 0.05) is 5.56 Å². The second-order valence-corrected chi connectivity index (χ2v) is 14.1. The topological polar surface area (TPSA) is 138 Å². The van der Waals surface area contributed by atoms with Crippen molar-refractivity contribution in [2.24, 2.45) is 26.2 Å². The molecule has 2 atom stereocenters. The summed E-state index contributed by atoms with van der Waals surface area (Å²) in [5, 5.41) is 5.36. The highest BCUT2D eigenvalue weighted by atomic mass is 35.5. The minimum Gasteiger partial charge on any atom is -0.447 e. The third-order valence-electron chi connectivity index (χ3n) is 7.59. The van der Waals surface area contributed by atoms with Crippen LogP contribution in [0, 0.1) is 11.2 Å². The normalized spacial score (nSPS) is 17.2. The molecular weight excluding hydrogens is 730 g/mol. The van der Waals surface area contributed by atoms with Gasteiger partial charge in [0.2, 0.25) is 0 Å². The molecule has 11 nitrogen and oxygen atoms in total. The molecule has 1 aromatic heterocycles. The number of guanidine groups is 1. The predicted octanol–water partition coefficient (Wildman–Crippen LogP) is 8.03. The molecular formula is C35H37ClF6N8O3. The number of amides is 2. The molecule has 18 heteroatoms. The number of halogens is 7. The Hall–Kier alpha value is -5.19. The fourth-order valence-electron chi connectivity index (χ4n) is 4.94. The molecule has 3 N–H and O–H groups in total. The summed E-state index contributed by atoms with van der Waals surface area (Å²) in [6, 6.07) is 10.2. The van der Waals surface area contributed by atoms with E-state index >= 15 is 0 Å². The van der Waals surface area contributed by atoms with Crippen LogP contribution in [0.25, 0.3) is 11.3 Å². The van der Waals surface area contributed by atoms with E-state index in [-0.39, 0.29) is 40.1 Å². The van der Waals surface area contributed by atoms with E-state index in [1.54, 1.807) is 24.3 Å². The van der Waals surface area contributed by atoms with Crippen molar-refractivity contribution in [3.05, 3.63) is 82.8 Å². The summed E-state index contributed by atoms with van der Waals surface area (Å²) in [5.74, 6) is -1.59. The maximum absolute atomic E-state index is 14.0. The molecule has 1 aliphatic heterocycles. The highest BCUT2D eigenvalue weighted by Gasteiger charge is 2.64. The number of anilines is 1. The fourth-order valence-corrected chi connectivity index (χ4v) is 5.14. The molecule has 1 aliphatic carbocycles. The van der Waals surface area contributed by atoms with E-state index < -0.39 is 54.8 Å². The third kappa shape index (κ3) is 10.2. The van der Waals surface area contributed by atoms with Crippen LogP contribution in [-0.2, 0) is 9.53 Å². The number of carbonyl (C=O) groups excluding carboxylic acids is 2. The molecule has 2 amide bonds. The minimum absolute atomic E-state index is 0.0384. The average Bonchev–Trinajstić information content (AvgIpc) is 3.81. The minimum atomic E-state index is -4.73. The molecule has 0 spiro atoms. The van der Waals surface area contributed by atoms with Gasteiger partial charge in [0.05, 0.1) is 28.6 Å². The Labute approximate surface area is 306 Å². The van der Waals surface area contributed by atoms with Gasteiger partial charge in [-0.25, -0.2) is 19.2 Å². The molecule has 0 unspecified atom stereocenters. The van der Waals surface area contributed by atoms with Crippen molar-refractivity contribution in [2.45, 2.75) is 70.9 Å². The average molecular weight is 767 g/mol. The summed E-state index contributed by atoms with van der Waals surface area (Å²) in [7, 11) is 0. The second kappa shape index (κ2) is 16.2. The summed E-state index contributed by atoms with van der Waals surface area (Å²) < 4.78 is 86.7. The van der Waals surface area contributed by atoms with Crippen LogP contribution in [0.1, 0.15) is 63.7 Å². The van der Waals surface area contributed by atoms with Crippen molar-refractivity contribution >= 4 is 48.3 Å². The summed E-state index contributed by atoms with van der Waals surface area (Å²) in [4.78, 5) is 38.9. The standard InChI is InChI=1S/C30H25ClF6N8O3.C5H12/c1-39-15-41-45(26(33)34)22-12-18(6-8-20(22)31)23(14-48-28(47)43-29(10-11-29)30(35,36)37)44-25(46)24(42-27(44)38)17-4-2-16(3-5-17)21-9-7-19(32)13-40-21;1-5(2,3)4/h2-9,12-13,15,23-24,26H,1,10-11,14H2,(H2,38,42)(H,43,47);1-4H3/b41-15-;/t23-,24-;/m1./s1. The molecule has 2 aliphatic rings. The third-order valence-corrected chi connectivity index (χ3v) is 7.91. The number of hydrazone groups is 1. The van der Waals surface area contributed by atoms with Gasteiger partial charge >= 0.3 is 18.8 Å². The Morgan fingerprint density at radius 2 is 1.79 bits per heavy atom. The Morgan fingerprint density at radius 3 is 2.32 bits per heavy atom. The lowest BCUT2D eigenvalue weighted by Gasteiger charge is -2.29. The molecule has 2 heterocycles. The number of nitrogens with zero attached hydrogens (tertiary/aromatic N) is 6. The smallest absolute Gasteiger partial charge is 0.411 e. The lowest BCUT2D eigenvalue weighted by molar-refractivity contribution is -0.164. The number of benzene rings is 2. The number of aromatic nitrogens is 1. The van der Waals surface area contributed by atoms with Crippen molar-refractivity contribution in [1.29, 1.82) is 0 Å². The Balaban J connectivity index is 0.00000117. The summed E-state index contributed by atoms with van der Waals surface area (Å²) in [6.07, 6.45) is -5.06. The first-order valence-corrected chi connectivity index (χ1v) is 16.4. The maximum Gasteiger partial charge on any atom is 0.411 e. The second-order valence-electron chi connectivity index (χ2n) is 13.6. The van der Waals surface area contributed by atoms with Crippen LogP contribution in [-0.4, -0.2) is 65.8 Å². The molecule has 1 fully saturated rings. The molecule has 0 saturated heterocycles. The van der Waals surface area contributed by atoms with Crippen LogP contribution in [0.4, 0.5) is 36.8 Å². The van der Waals surface area contributed by atoms with Crippen LogP contribution < -0.4 is 16.1 Å². The molecule has 284 valence electrons. The first-order chi connectivity index (χ1) is 24.7. The number of pyridine rings is 1. The van der Waals surface area contributed by atoms with Crippen LogP contribution in [0.3, 0.4) is 0 Å². The number of hydrogen-bond donors (Lipinski definition) is 2. The monoisotopic (exact) mass is 766 g/mol. The van der Waals surface area contributed by atoms with E-state index in [4.69, 9.17) is 22.1 Å². The number of nitrogens with one attached hydrogen (secondary N) is 1. The van der Waals surface area contributed by atoms with Gasteiger partial charge in [0.15, 0.2) is 12.0 Å². The fraction of sp³-hybridized carbons (Fsp3) is 0.371. The van der Waals surface area contributed by atoms with Crippen LogP contribution in [0.2, 0.25) is 5.02 Å². The molecule has 0 bridgehead atoms. The quantitative estimate of drug-likeness (QED) is 0.0667. The van der Waals surface area contributed by atoms with Crippen molar-refractivity contribution < 1.29 is 40.7 Å². The van der Waals surface area contributed by atoms with Gasteiger partial charge in [0.1, 0.15) is 24.3 Å². The molecule has 1 saturated carbocycles. The Kier molecular flexibility index (Phi) is 12.4. The van der Waals surface area contributed by atoms with E-state index in [0.717, 1.165) is 23.5 Å². The zero-order valence-corrected chi connectivity index (χ0v) is 29.8. The number of rotatable bonds is 11. The molecule has 3 aromatic rings. The molecule has 0 radical (unpaired) electrons. The Morgan fingerprint density at radius 1 is 1.15 bits per heavy atom. The van der Waals surface area contributed by atoms with Gasteiger partial charge in [0.25, 0.3) is 5.91 Å². The van der Waals surface area contributed by atoms with Crippen molar-refractivity contribution in [1.82, 2.24) is 15.2 Å². The van der Waals surface area contributed by atoms with Crippen LogP contribution >= 0.6 is 11.6 Å². The van der Waals surface area contributed by atoms with Gasteiger partial charge < -0.3 is 15.8 Å². The van der Waals surface area contributed by atoms with Crippen LogP contribution in [0.15, 0.2) is 75.9 Å². The number of aliphatic imine (C=N–C) groups is 2. The lowest BCUT2D eigenvalue weighted by Crippen LogP contribution is -2.49. The van der Waals surface area contributed by atoms with Crippen LogP contribution in [0.5, 0.6) is 0 Å². The number of ether oxygens (including phenoxy) is 1. The largest absolute Gasteiger partial charge is 0.447 e. The maximum atomic E-state index is 14.0. The van der Waals surface area contributed by atoms with E-state index in [2.05, 4.69) is 54.5 Å². The van der Waals surface area contributed by atoms with Crippen molar-refractivity contribution in [2.75, 3.05) is 11.6 Å². The number of alkyl halides is 5. The van der Waals surface area contributed by atoms with Gasteiger partial charge in [-0.3, -0.25) is 19.7 Å². The zero-order valence-electron chi connectivity index (χ0n) is 29.0. The van der Waals surface area contributed by atoms with Crippen molar-refractivity contribution in [3.63, 3.8) is 0 Å². The Bertz CT molecular complexity index is 1840. The van der Waals surface area contributed by atoms with E-state index in [0.29, 0.717) is 22.2 Å². The summed E-state index contributed by atoms with van der Waals surface area (Å²) >= 11 is 6.20. The van der Waals surface area contributed by atoms with E-state index in [9.17, 15) is 35.9 Å². The zero-order chi connectivity index (χ0) is 39.3. The van der Waals surface area contributed by atoms with Gasteiger partial charge in [-0.1, -0.05) is 69.6 Å². The highest BCUT2D eigenvalue weighted by Crippen LogP contribution is 2.49. The molecule has 53 heavy (non-hydrogen) atoms. The van der Waals surface area contributed by atoms with E-state index in [1.165, 1.54) is 24.3 Å². The predicted molar refractivity (Wildman–Crippen MR) is 189 cm³/mol. The van der Waals surface area contributed by atoms with Crippen molar-refractivity contribution in [3.8, 4) is 11.3 Å². The first-order valence-electron chi connectivity index (χ1n) is 16.0. The number of nitrogens with two attached hydrogens (primary N) is 1.